The number of rotatable bonds is 4. The average Bonchev–Trinajstić information content (AvgIpc) is 3.11. The number of ether oxygens (including phenoxy) is 1. The van der Waals surface area contributed by atoms with Gasteiger partial charge in [-0.2, -0.15) is 0 Å². The number of amides is 1. The molecule has 2 aromatic carbocycles. The second kappa shape index (κ2) is 8.78. The summed E-state index contributed by atoms with van der Waals surface area (Å²) in [4.78, 5) is 38.8. The van der Waals surface area contributed by atoms with Gasteiger partial charge in [-0.1, -0.05) is 24.3 Å². The summed E-state index contributed by atoms with van der Waals surface area (Å²) in [5.41, 5.74) is 0.358. The number of hydrogen-bond donors (Lipinski definition) is 1. The number of aliphatic hydroxyl groups is 1. The van der Waals surface area contributed by atoms with E-state index in [1.165, 1.54) is 4.90 Å². The van der Waals surface area contributed by atoms with Crippen LogP contribution in [0.4, 0.5) is 0 Å². The molecule has 0 spiro atoms. The molecule has 0 bridgehead atoms. The van der Waals surface area contributed by atoms with Gasteiger partial charge in [0, 0.05) is 22.3 Å². The number of carbonyl (C=O) groups excluding carboxylic acids is 2. The second-order valence-corrected chi connectivity index (χ2v) is 9.26. The van der Waals surface area contributed by atoms with Crippen LogP contribution in [0.3, 0.4) is 0 Å². The Bertz CT molecular complexity index is 1460. The first-order chi connectivity index (χ1) is 16.4. The number of para-hydroxylation sites is 1. The summed E-state index contributed by atoms with van der Waals surface area (Å²) in [6.45, 7) is 1.56. The predicted molar refractivity (Wildman–Crippen MR) is 120 cm³/mol. The summed E-state index contributed by atoms with van der Waals surface area (Å²) in [6, 6.07) is 11.9. The van der Waals surface area contributed by atoms with Gasteiger partial charge in [-0.3, -0.25) is 4.79 Å². The smallest absolute Gasteiger partial charge is 0.543 e. The molecule has 8 nitrogen and oxygen atoms in total. The Kier molecular flexibility index (Phi) is 6.04. The van der Waals surface area contributed by atoms with Crippen molar-refractivity contribution in [3.63, 3.8) is 0 Å². The van der Waals surface area contributed by atoms with Crippen LogP contribution in [0.2, 0.25) is 0 Å². The number of aliphatic carboxylic acids is 1. The Morgan fingerprint density at radius 3 is 2.63 bits per heavy atom. The van der Waals surface area contributed by atoms with Crippen molar-refractivity contribution in [2.45, 2.75) is 44.4 Å². The third kappa shape index (κ3) is 3.46. The van der Waals surface area contributed by atoms with Gasteiger partial charge in [-0.15, -0.1) is 0 Å². The molecular formula is C26H22NNaO7. The number of hydrogen-bond acceptors (Lipinski definition) is 7. The fourth-order valence-electron chi connectivity index (χ4n) is 6.09. The molecule has 0 radical (unpaired) electrons. The molecule has 1 aliphatic carbocycles. The van der Waals surface area contributed by atoms with Crippen molar-refractivity contribution in [3.05, 3.63) is 64.2 Å². The summed E-state index contributed by atoms with van der Waals surface area (Å²) in [7, 11) is 0. The van der Waals surface area contributed by atoms with Crippen LogP contribution in [0.15, 0.2) is 62.9 Å². The minimum absolute atomic E-state index is 0. The molecule has 5 atom stereocenters. The maximum atomic E-state index is 12.7. The van der Waals surface area contributed by atoms with Crippen LogP contribution in [-0.4, -0.2) is 40.1 Å². The van der Waals surface area contributed by atoms with Crippen molar-refractivity contribution in [1.82, 2.24) is 4.90 Å². The van der Waals surface area contributed by atoms with Crippen molar-refractivity contribution in [1.29, 1.82) is 0 Å². The zero-order valence-corrected chi connectivity index (χ0v) is 21.4. The van der Waals surface area contributed by atoms with E-state index in [0.29, 0.717) is 45.9 Å². The fraction of sp³-hybridized carbons (Fsp3) is 0.346. The molecule has 1 saturated heterocycles. The number of aliphatic hydroxyl groups excluding tert-OH is 1. The topological polar surface area (TPSA) is 120 Å². The van der Waals surface area contributed by atoms with Crippen LogP contribution in [0.5, 0.6) is 5.75 Å². The van der Waals surface area contributed by atoms with Crippen LogP contribution >= 0.6 is 0 Å². The van der Waals surface area contributed by atoms with Crippen molar-refractivity contribution in [2.24, 2.45) is 11.8 Å². The maximum Gasteiger partial charge on any atom is 1.00 e. The van der Waals surface area contributed by atoms with Gasteiger partial charge in [0.15, 0.2) is 0 Å². The molecule has 3 heterocycles. The zero-order valence-electron chi connectivity index (χ0n) is 19.4. The molecular weight excluding hydrogens is 461 g/mol. The molecule has 4 unspecified atom stereocenters. The Balaban J connectivity index is 0.00000253. The quantitative estimate of drug-likeness (QED) is 0.213. The molecule has 2 fully saturated rings. The molecule has 2 aliphatic heterocycles. The van der Waals surface area contributed by atoms with Crippen molar-refractivity contribution in [2.75, 3.05) is 0 Å². The van der Waals surface area contributed by atoms with Crippen LogP contribution in [0, 0.1) is 11.8 Å². The van der Waals surface area contributed by atoms with E-state index >= 15 is 0 Å². The average molecular weight is 483 g/mol. The Morgan fingerprint density at radius 1 is 1.14 bits per heavy atom. The van der Waals surface area contributed by atoms with E-state index in [4.69, 9.17) is 9.15 Å². The van der Waals surface area contributed by atoms with E-state index in [1.807, 2.05) is 12.1 Å². The molecule has 9 heteroatoms. The molecule has 1 N–H and O–H groups in total. The van der Waals surface area contributed by atoms with Crippen molar-refractivity contribution in [3.8, 4) is 5.75 Å². The number of nitrogens with zero attached hydrogens (tertiary/aromatic N) is 1. The minimum Gasteiger partial charge on any atom is -0.543 e. The Morgan fingerprint density at radius 2 is 1.89 bits per heavy atom. The first-order valence-electron chi connectivity index (χ1n) is 11.5. The normalized spacial score (nSPS) is 26.1. The molecule has 3 aliphatic rings. The Hall–Kier alpha value is -2.65. The monoisotopic (exact) mass is 483 g/mol. The number of fused-ring (bicyclic) bond motifs is 6. The molecule has 3 aromatic rings. The largest absolute Gasteiger partial charge is 1.00 e. The molecule has 6 rings (SSSR count). The molecule has 1 saturated carbocycles. The molecule has 174 valence electrons. The van der Waals surface area contributed by atoms with E-state index in [1.54, 1.807) is 37.3 Å². The van der Waals surface area contributed by atoms with Crippen LogP contribution < -0.4 is 45.0 Å². The van der Waals surface area contributed by atoms with Crippen LogP contribution in [0.25, 0.3) is 21.7 Å². The summed E-state index contributed by atoms with van der Waals surface area (Å²) < 4.78 is 11.9. The minimum atomic E-state index is -1.42. The number of benzene rings is 2. The van der Waals surface area contributed by atoms with Gasteiger partial charge < -0.3 is 29.1 Å². The SMILES string of the molecule is CC(O)C1C(=O)N2C(C(=O)[O-])=C3C(CCC[C@@H]3Oc3cccc4c(=O)oc5ccccc5c34)C12.[Na+]. The van der Waals surface area contributed by atoms with Crippen molar-refractivity contribution < 1.29 is 58.5 Å². The van der Waals surface area contributed by atoms with E-state index in [2.05, 4.69) is 0 Å². The van der Waals surface area contributed by atoms with E-state index in [9.17, 15) is 24.6 Å². The summed E-state index contributed by atoms with van der Waals surface area (Å²) in [5, 5.41) is 24.0. The standard InChI is InChI=1S/C26H23NO7.Na/c1-12(28)19-22-14-7-4-11-18(21(14)23(25(30)31)27(22)24(19)29)33-17-10-5-8-15-20(17)13-6-2-3-9-16(13)34-26(15)32;/h2-3,5-6,8-10,12,14,18-19,22,28H,4,7,11H2,1H3,(H,30,31);/q;+1/p-1/t12?,14?,18-,19?,22?;/m0./s1. The summed E-state index contributed by atoms with van der Waals surface area (Å²) in [6.07, 6.45) is 0.563. The predicted octanol–water partition coefficient (Wildman–Crippen LogP) is -1.28. The zero-order chi connectivity index (χ0) is 23.7. The molecule has 35 heavy (non-hydrogen) atoms. The van der Waals surface area contributed by atoms with Crippen molar-refractivity contribution >= 4 is 33.6 Å². The van der Waals surface area contributed by atoms with Gasteiger partial charge >= 0.3 is 35.2 Å². The molecule has 1 amide bonds. The first kappa shape index (κ1) is 24.1. The van der Waals surface area contributed by atoms with Gasteiger partial charge in [0.2, 0.25) is 5.91 Å². The van der Waals surface area contributed by atoms with Gasteiger partial charge in [-0.25, -0.2) is 4.79 Å². The number of carboxylic acid groups (broad SMARTS) is 1. The second-order valence-electron chi connectivity index (χ2n) is 9.26. The third-order valence-corrected chi connectivity index (χ3v) is 7.43. The number of carboxylic acids is 1. The van der Waals surface area contributed by atoms with E-state index < -0.39 is 41.7 Å². The summed E-state index contributed by atoms with van der Waals surface area (Å²) >= 11 is 0. The third-order valence-electron chi connectivity index (χ3n) is 7.43. The van der Waals surface area contributed by atoms with E-state index in [0.717, 1.165) is 6.42 Å². The maximum absolute atomic E-state index is 12.7. The van der Waals surface area contributed by atoms with Crippen LogP contribution in [0.1, 0.15) is 26.2 Å². The number of β-lactam (4-membered cyclic amide) rings is 1. The van der Waals surface area contributed by atoms with Crippen LogP contribution in [-0.2, 0) is 9.59 Å². The first-order valence-corrected chi connectivity index (χ1v) is 11.5. The Labute approximate surface area is 222 Å². The van der Waals surface area contributed by atoms with Gasteiger partial charge in [0.1, 0.15) is 17.4 Å². The number of carbonyl (C=O) groups is 2. The van der Waals surface area contributed by atoms with Gasteiger partial charge in [0.05, 0.1) is 35.1 Å². The summed E-state index contributed by atoms with van der Waals surface area (Å²) in [5.74, 6) is -2.22. The fourth-order valence-corrected chi connectivity index (χ4v) is 6.09. The van der Waals surface area contributed by atoms with E-state index in [-0.39, 0.29) is 41.2 Å². The molecule has 1 aromatic heterocycles. The van der Waals surface area contributed by atoms with Gasteiger partial charge in [-0.05, 0) is 44.4 Å². The van der Waals surface area contributed by atoms with Gasteiger partial charge in [0.25, 0.3) is 0 Å².